The van der Waals surface area contributed by atoms with Gasteiger partial charge in [-0.1, -0.05) is 37.6 Å². The van der Waals surface area contributed by atoms with E-state index in [2.05, 4.69) is 15.2 Å². The van der Waals surface area contributed by atoms with Crippen molar-refractivity contribution in [2.24, 2.45) is 0 Å². The average molecular weight is 546 g/mol. The van der Waals surface area contributed by atoms with Crippen molar-refractivity contribution in [1.29, 1.82) is 0 Å². The first-order chi connectivity index (χ1) is 18.5. The Bertz CT molecular complexity index is 1330. The Kier molecular flexibility index (Phi) is 10.1. The molecule has 1 aliphatic rings. The average Bonchev–Trinajstić information content (AvgIpc) is 2.87. The number of anilines is 1. The number of aromatic nitrogens is 1. The lowest BCUT2D eigenvalue weighted by molar-refractivity contribution is -0.0884. The molecular weight excluding hydrogens is 509 g/mol. The van der Waals surface area contributed by atoms with Crippen molar-refractivity contribution in [1.82, 2.24) is 9.88 Å². The van der Waals surface area contributed by atoms with Gasteiger partial charge >= 0.3 is 6.18 Å². The molecule has 0 radical (unpaired) electrons. The summed E-state index contributed by atoms with van der Waals surface area (Å²) in [5.74, 6) is -1.01. The van der Waals surface area contributed by atoms with Gasteiger partial charge in [0, 0.05) is 42.3 Å². The lowest BCUT2D eigenvalue weighted by Gasteiger charge is -2.36. The van der Waals surface area contributed by atoms with E-state index in [4.69, 9.17) is 0 Å². The molecule has 1 saturated heterocycles. The second kappa shape index (κ2) is 13.1. The van der Waals surface area contributed by atoms with Gasteiger partial charge in [0.15, 0.2) is 0 Å². The van der Waals surface area contributed by atoms with Crippen LogP contribution in [0.2, 0.25) is 0 Å². The minimum absolute atomic E-state index is 0.256. The molecule has 1 atom stereocenters. The van der Waals surface area contributed by atoms with Gasteiger partial charge in [0.05, 0.1) is 11.6 Å². The molecule has 3 nitrogen and oxygen atoms in total. The molecule has 2 aromatic rings. The van der Waals surface area contributed by atoms with E-state index in [0.29, 0.717) is 28.8 Å². The molecular formula is C31H36F5N3. The number of likely N-dealkylation sites (N-methyl/N-ethyl adjacent to an activating group) is 1. The maximum Gasteiger partial charge on any atom is 0.416 e. The number of likely N-dealkylation sites (tertiary alicyclic amines) is 1. The van der Waals surface area contributed by atoms with Gasteiger partial charge in [-0.05, 0) is 75.0 Å². The minimum Gasteiger partial charge on any atom is -0.376 e. The summed E-state index contributed by atoms with van der Waals surface area (Å²) in [7, 11) is 1.94. The molecule has 0 saturated carbocycles. The highest BCUT2D eigenvalue weighted by Gasteiger charge is 2.32. The van der Waals surface area contributed by atoms with Crippen LogP contribution in [0.1, 0.15) is 53.4 Å². The number of halogens is 5. The van der Waals surface area contributed by atoms with Gasteiger partial charge in [-0.2, -0.15) is 13.2 Å². The van der Waals surface area contributed by atoms with Gasteiger partial charge in [0.2, 0.25) is 0 Å². The minimum atomic E-state index is -4.47. The van der Waals surface area contributed by atoms with E-state index >= 15 is 0 Å². The van der Waals surface area contributed by atoms with Crippen molar-refractivity contribution >= 4 is 16.6 Å². The first kappa shape index (κ1) is 30.1. The summed E-state index contributed by atoms with van der Waals surface area (Å²) in [6, 6.07) is 3.32. The van der Waals surface area contributed by atoms with Crippen LogP contribution in [0.5, 0.6) is 0 Å². The molecule has 8 heteroatoms. The van der Waals surface area contributed by atoms with E-state index in [0.717, 1.165) is 36.7 Å². The van der Waals surface area contributed by atoms with E-state index in [1.165, 1.54) is 30.5 Å². The van der Waals surface area contributed by atoms with Gasteiger partial charge in [0.25, 0.3) is 0 Å². The topological polar surface area (TPSA) is 28.2 Å². The Balaban J connectivity index is 2.15. The van der Waals surface area contributed by atoms with Gasteiger partial charge in [0.1, 0.15) is 17.5 Å². The molecule has 39 heavy (non-hydrogen) atoms. The van der Waals surface area contributed by atoms with Crippen LogP contribution in [-0.2, 0) is 0 Å². The van der Waals surface area contributed by atoms with Crippen LogP contribution < -0.4 is 5.32 Å². The van der Waals surface area contributed by atoms with Gasteiger partial charge < -0.3 is 10.2 Å². The fourth-order valence-electron chi connectivity index (χ4n) is 4.75. The van der Waals surface area contributed by atoms with Crippen LogP contribution in [0.25, 0.3) is 10.8 Å². The first-order valence-corrected chi connectivity index (χ1v) is 13.2. The van der Waals surface area contributed by atoms with Crippen LogP contribution >= 0.6 is 0 Å². The molecule has 210 valence electrons. The second-order valence-corrected chi connectivity index (χ2v) is 9.68. The standard InChI is InChI=1S/C31H36F5N3/c1-6-10-21(16-22(11-7-2)31(34,35)36)25(20(4)8-3)19-29-28(12-9-15-39(29)5)38-30-26-17-23(32)18-27(33)24(26)13-14-37-30/h6,10-11,13-14,16-19,28H,7-9,12,15H2,1-5H3,(H,37,38)/b10-6-,21-16+,22-11-,25-20?,29-19-. The van der Waals surface area contributed by atoms with Gasteiger partial charge in [-0.3, -0.25) is 0 Å². The number of allylic oxidation sites excluding steroid dienone is 9. The van der Waals surface area contributed by atoms with Crippen molar-refractivity contribution in [3.63, 3.8) is 0 Å². The summed E-state index contributed by atoms with van der Waals surface area (Å²) < 4.78 is 70.0. The predicted molar refractivity (Wildman–Crippen MR) is 149 cm³/mol. The fraction of sp³-hybridized carbons (Fsp3) is 0.387. The van der Waals surface area contributed by atoms with Gasteiger partial charge in [-0.15, -0.1) is 0 Å². The van der Waals surface area contributed by atoms with E-state index < -0.39 is 23.4 Å². The third-order valence-corrected chi connectivity index (χ3v) is 6.89. The number of nitrogens with zero attached hydrogens (tertiary/aromatic N) is 2. The molecule has 0 bridgehead atoms. The fourth-order valence-corrected chi connectivity index (χ4v) is 4.75. The van der Waals surface area contributed by atoms with Crippen LogP contribution in [0.3, 0.4) is 0 Å². The van der Waals surface area contributed by atoms with Crippen LogP contribution in [0, 0.1) is 11.6 Å². The number of fused-ring (bicyclic) bond motifs is 1. The van der Waals surface area contributed by atoms with Gasteiger partial charge in [-0.25, -0.2) is 13.8 Å². The molecule has 2 heterocycles. The molecule has 1 fully saturated rings. The Labute approximate surface area is 227 Å². The maximum absolute atomic E-state index is 14.4. The zero-order valence-electron chi connectivity index (χ0n) is 23.1. The highest BCUT2D eigenvalue weighted by molar-refractivity contribution is 5.92. The quantitative estimate of drug-likeness (QED) is 0.265. The van der Waals surface area contributed by atoms with E-state index in [1.807, 2.05) is 27.0 Å². The molecule has 1 unspecified atom stereocenters. The summed E-state index contributed by atoms with van der Waals surface area (Å²) in [5.41, 5.74) is 2.29. The number of rotatable bonds is 8. The van der Waals surface area contributed by atoms with Crippen LogP contribution in [-0.4, -0.2) is 35.7 Å². The Hall–Kier alpha value is -3.42. The van der Waals surface area contributed by atoms with Crippen LogP contribution in [0.4, 0.5) is 27.8 Å². The monoisotopic (exact) mass is 545 g/mol. The third kappa shape index (κ3) is 7.37. The third-order valence-electron chi connectivity index (χ3n) is 6.89. The number of pyridine rings is 1. The lowest BCUT2D eigenvalue weighted by atomic mass is 9.92. The Morgan fingerprint density at radius 3 is 2.56 bits per heavy atom. The lowest BCUT2D eigenvalue weighted by Crippen LogP contribution is -2.38. The van der Waals surface area contributed by atoms with Crippen molar-refractivity contribution in [2.75, 3.05) is 18.9 Å². The number of nitrogens with one attached hydrogen (secondary N) is 1. The number of piperidine rings is 1. The molecule has 0 amide bonds. The molecule has 1 aromatic carbocycles. The van der Waals surface area contributed by atoms with Crippen LogP contribution in [0.15, 0.2) is 82.8 Å². The van der Waals surface area contributed by atoms with Crippen molar-refractivity contribution in [3.8, 4) is 0 Å². The zero-order valence-corrected chi connectivity index (χ0v) is 23.1. The number of hydrogen-bond donors (Lipinski definition) is 1. The smallest absolute Gasteiger partial charge is 0.376 e. The van der Waals surface area contributed by atoms with E-state index in [9.17, 15) is 22.0 Å². The number of benzene rings is 1. The van der Waals surface area contributed by atoms with E-state index in [-0.39, 0.29) is 17.8 Å². The highest BCUT2D eigenvalue weighted by atomic mass is 19.4. The Morgan fingerprint density at radius 2 is 1.92 bits per heavy atom. The molecule has 0 spiro atoms. The summed E-state index contributed by atoms with van der Waals surface area (Å²) >= 11 is 0. The highest BCUT2D eigenvalue weighted by Crippen LogP contribution is 2.34. The normalized spacial score (nSPS) is 19.3. The van der Waals surface area contributed by atoms with Crippen molar-refractivity contribution < 1.29 is 22.0 Å². The molecule has 1 N–H and O–H groups in total. The Morgan fingerprint density at radius 1 is 1.18 bits per heavy atom. The summed E-state index contributed by atoms with van der Waals surface area (Å²) in [4.78, 5) is 6.43. The number of alkyl halides is 3. The second-order valence-electron chi connectivity index (χ2n) is 9.68. The van der Waals surface area contributed by atoms with Crippen molar-refractivity contribution in [3.05, 3.63) is 94.4 Å². The maximum atomic E-state index is 14.4. The number of hydrogen-bond acceptors (Lipinski definition) is 3. The molecule has 3 rings (SSSR count). The molecule has 1 aromatic heterocycles. The summed E-state index contributed by atoms with van der Waals surface area (Å²) in [5, 5.41) is 3.96. The largest absolute Gasteiger partial charge is 0.416 e. The zero-order chi connectivity index (χ0) is 28.7. The first-order valence-electron chi connectivity index (χ1n) is 13.2. The SMILES string of the molecule is C\C=C/C(=C\C(=C\CC)C(F)(F)F)C(/C=C1/C(Nc2nccc3c(F)cc(F)cc23)CCCN1C)=C(C)CC. The molecule has 1 aliphatic heterocycles. The summed E-state index contributed by atoms with van der Waals surface area (Å²) in [6.45, 7) is 8.11. The van der Waals surface area contributed by atoms with E-state index in [1.54, 1.807) is 26.0 Å². The van der Waals surface area contributed by atoms with Crippen molar-refractivity contribution in [2.45, 2.75) is 65.6 Å². The molecule has 0 aliphatic carbocycles. The summed E-state index contributed by atoms with van der Waals surface area (Å²) in [6.07, 6.45) is 7.25. The predicted octanol–water partition coefficient (Wildman–Crippen LogP) is 9.03.